The van der Waals surface area contributed by atoms with Crippen LogP contribution in [0.5, 0.6) is 0 Å². The second-order valence-electron chi connectivity index (χ2n) is 5.01. The molecule has 0 aromatic heterocycles. The van der Waals surface area contributed by atoms with Gasteiger partial charge in [-0.2, -0.15) is 0 Å². The van der Waals surface area contributed by atoms with Gasteiger partial charge in [-0.05, 0) is 35.3 Å². The number of allylic oxidation sites excluding steroid dienone is 4. The fourth-order valence-corrected chi connectivity index (χ4v) is 2.64. The molecule has 2 N–H and O–H groups in total. The number of hydrogen-bond donors (Lipinski definition) is 1. The highest BCUT2D eigenvalue weighted by atomic mass is 14.6. The van der Waals surface area contributed by atoms with E-state index in [1.807, 2.05) is 6.08 Å². The largest absolute Gasteiger partial charge is 0.399 e. The summed E-state index contributed by atoms with van der Waals surface area (Å²) in [5.41, 5.74) is 11.6. The average molecular weight is 225 g/mol. The van der Waals surface area contributed by atoms with Crippen LogP contribution in [0.2, 0.25) is 0 Å². The van der Waals surface area contributed by atoms with E-state index in [9.17, 15) is 0 Å². The van der Waals surface area contributed by atoms with Crippen molar-refractivity contribution in [3.05, 3.63) is 65.4 Å². The standard InChI is InChI=1S/C16H19N/c1-5-12-13-8-6-7-9-14(13)16(3,4)15(12)10-11(2)17/h5-10H,2,17H2,1,3-4H3/b12-5-,15-10?. The van der Waals surface area contributed by atoms with Gasteiger partial charge in [-0.15, -0.1) is 0 Å². The van der Waals surface area contributed by atoms with Crippen LogP contribution < -0.4 is 5.73 Å². The number of hydrogen-bond acceptors (Lipinski definition) is 1. The van der Waals surface area contributed by atoms with Crippen molar-refractivity contribution in [3.63, 3.8) is 0 Å². The smallest absolute Gasteiger partial charge is 0.0244 e. The number of rotatable bonds is 1. The molecular weight excluding hydrogens is 206 g/mol. The van der Waals surface area contributed by atoms with E-state index in [1.165, 1.54) is 22.3 Å². The number of benzene rings is 1. The van der Waals surface area contributed by atoms with Crippen molar-refractivity contribution in [2.24, 2.45) is 5.73 Å². The van der Waals surface area contributed by atoms with Gasteiger partial charge in [-0.1, -0.05) is 50.8 Å². The van der Waals surface area contributed by atoms with Gasteiger partial charge in [0, 0.05) is 11.1 Å². The van der Waals surface area contributed by atoms with Crippen LogP contribution >= 0.6 is 0 Å². The Balaban J connectivity index is 2.72. The quantitative estimate of drug-likeness (QED) is 0.773. The minimum Gasteiger partial charge on any atom is -0.399 e. The van der Waals surface area contributed by atoms with E-state index in [1.54, 1.807) is 0 Å². The Bertz CT molecular complexity index is 530. The number of nitrogens with two attached hydrogens (primary N) is 1. The van der Waals surface area contributed by atoms with Crippen LogP contribution in [0.4, 0.5) is 0 Å². The third-order valence-corrected chi connectivity index (χ3v) is 3.47. The Morgan fingerprint density at radius 2 is 1.94 bits per heavy atom. The minimum atomic E-state index is 0.000741. The Kier molecular flexibility index (Phi) is 2.70. The molecule has 1 aliphatic carbocycles. The van der Waals surface area contributed by atoms with Crippen molar-refractivity contribution in [1.82, 2.24) is 0 Å². The lowest BCUT2D eigenvalue weighted by Crippen LogP contribution is -2.15. The molecule has 0 unspecified atom stereocenters. The molecule has 0 amide bonds. The van der Waals surface area contributed by atoms with E-state index in [4.69, 9.17) is 5.73 Å². The Labute approximate surface area is 103 Å². The number of fused-ring (bicyclic) bond motifs is 1. The van der Waals surface area contributed by atoms with Gasteiger partial charge in [0.15, 0.2) is 0 Å². The van der Waals surface area contributed by atoms with E-state index in [0.29, 0.717) is 5.70 Å². The van der Waals surface area contributed by atoms with Crippen LogP contribution in [0, 0.1) is 0 Å². The van der Waals surface area contributed by atoms with E-state index in [0.717, 1.165) is 0 Å². The lowest BCUT2D eigenvalue weighted by molar-refractivity contribution is 0.660. The monoisotopic (exact) mass is 225 g/mol. The maximum Gasteiger partial charge on any atom is 0.0244 e. The summed E-state index contributed by atoms with van der Waals surface area (Å²) in [5.74, 6) is 0. The zero-order valence-electron chi connectivity index (χ0n) is 10.7. The lowest BCUT2D eigenvalue weighted by Gasteiger charge is -2.22. The maximum absolute atomic E-state index is 5.75. The molecular formula is C16H19N. The first-order chi connectivity index (χ1) is 7.98. The SMILES string of the molecule is C=C(N)C=C1/C(=C\C)c2ccccc2C1(C)C. The fraction of sp³-hybridized carbons (Fsp3) is 0.250. The first kappa shape index (κ1) is 11.7. The predicted molar refractivity (Wildman–Crippen MR) is 74.5 cm³/mol. The maximum atomic E-state index is 5.75. The molecule has 0 spiro atoms. The summed E-state index contributed by atoms with van der Waals surface area (Å²) in [6, 6.07) is 8.54. The summed E-state index contributed by atoms with van der Waals surface area (Å²) in [6.45, 7) is 10.3. The molecule has 0 aliphatic heterocycles. The van der Waals surface area contributed by atoms with Crippen LogP contribution in [0.25, 0.3) is 5.57 Å². The summed E-state index contributed by atoms with van der Waals surface area (Å²) in [6.07, 6.45) is 4.15. The molecule has 2 rings (SSSR count). The fourth-order valence-electron chi connectivity index (χ4n) is 2.64. The third kappa shape index (κ3) is 1.72. The molecule has 0 radical (unpaired) electrons. The van der Waals surface area contributed by atoms with Gasteiger partial charge in [0.05, 0.1) is 0 Å². The first-order valence-corrected chi connectivity index (χ1v) is 5.91. The lowest BCUT2D eigenvalue weighted by atomic mass is 9.82. The van der Waals surface area contributed by atoms with E-state index in [-0.39, 0.29) is 5.41 Å². The molecule has 1 aromatic carbocycles. The second-order valence-corrected chi connectivity index (χ2v) is 5.01. The first-order valence-electron chi connectivity index (χ1n) is 5.91. The van der Waals surface area contributed by atoms with E-state index in [2.05, 4.69) is 57.7 Å². The molecule has 17 heavy (non-hydrogen) atoms. The van der Waals surface area contributed by atoms with E-state index < -0.39 is 0 Å². The van der Waals surface area contributed by atoms with Crippen molar-refractivity contribution in [2.75, 3.05) is 0 Å². The van der Waals surface area contributed by atoms with Crippen LogP contribution in [0.3, 0.4) is 0 Å². The molecule has 1 aromatic rings. The molecule has 0 fully saturated rings. The molecule has 0 atom stereocenters. The van der Waals surface area contributed by atoms with Gasteiger partial charge in [-0.25, -0.2) is 0 Å². The average Bonchev–Trinajstić information content (AvgIpc) is 2.48. The van der Waals surface area contributed by atoms with Gasteiger partial charge in [0.2, 0.25) is 0 Å². The molecule has 0 bridgehead atoms. The van der Waals surface area contributed by atoms with Gasteiger partial charge in [0.1, 0.15) is 0 Å². The van der Waals surface area contributed by atoms with Crippen LogP contribution in [-0.4, -0.2) is 0 Å². The topological polar surface area (TPSA) is 26.0 Å². The Morgan fingerprint density at radius 3 is 2.53 bits per heavy atom. The molecule has 0 saturated carbocycles. The van der Waals surface area contributed by atoms with Gasteiger partial charge in [0.25, 0.3) is 0 Å². The Morgan fingerprint density at radius 1 is 1.29 bits per heavy atom. The third-order valence-electron chi connectivity index (χ3n) is 3.47. The van der Waals surface area contributed by atoms with Crippen molar-refractivity contribution in [1.29, 1.82) is 0 Å². The molecule has 1 nitrogen and oxygen atoms in total. The van der Waals surface area contributed by atoms with Gasteiger partial charge >= 0.3 is 0 Å². The molecule has 1 aliphatic rings. The highest BCUT2D eigenvalue weighted by Gasteiger charge is 2.37. The highest BCUT2D eigenvalue weighted by molar-refractivity contribution is 5.89. The molecule has 0 heterocycles. The Hall–Kier alpha value is -1.76. The molecule has 88 valence electrons. The van der Waals surface area contributed by atoms with E-state index >= 15 is 0 Å². The second kappa shape index (κ2) is 3.92. The van der Waals surface area contributed by atoms with Crippen molar-refractivity contribution in [3.8, 4) is 0 Å². The summed E-state index contributed by atoms with van der Waals surface area (Å²) in [5, 5.41) is 0. The van der Waals surface area contributed by atoms with Crippen molar-refractivity contribution in [2.45, 2.75) is 26.2 Å². The van der Waals surface area contributed by atoms with Gasteiger partial charge < -0.3 is 5.73 Å². The van der Waals surface area contributed by atoms with Crippen molar-refractivity contribution >= 4 is 5.57 Å². The van der Waals surface area contributed by atoms with Crippen LogP contribution in [-0.2, 0) is 5.41 Å². The molecule has 0 saturated heterocycles. The minimum absolute atomic E-state index is 0.000741. The van der Waals surface area contributed by atoms with Crippen LogP contribution in [0.1, 0.15) is 31.9 Å². The van der Waals surface area contributed by atoms with Crippen molar-refractivity contribution < 1.29 is 0 Å². The molecule has 1 heteroatoms. The normalized spacial score (nSPS) is 21.8. The van der Waals surface area contributed by atoms with Gasteiger partial charge in [-0.3, -0.25) is 0 Å². The highest BCUT2D eigenvalue weighted by Crippen LogP contribution is 2.49. The summed E-state index contributed by atoms with van der Waals surface area (Å²) >= 11 is 0. The zero-order valence-corrected chi connectivity index (χ0v) is 10.7. The zero-order chi connectivity index (χ0) is 12.6. The van der Waals surface area contributed by atoms with Crippen LogP contribution in [0.15, 0.2) is 54.3 Å². The predicted octanol–water partition coefficient (Wildman–Crippen LogP) is 3.78. The summed E-state index contributed by atoms with van der Waals surface area (Å²) in [4.78, 5) is 0. The summed E-state index contributed by atoms with van der Waals surface area (Å²) < 4.78 is 0. The summed E-state index contributed by atoms with van der Waals surface area (Å²) in [7, 11) is 0.